The Bertz CT molecular complexity index is 404. The Hall–Kier alpha value is -1.10. The summed E-state index contributed by atoms with van der Waals surface area (Å²) in [5.41, 5.74) is 1.26. The Labute approximate surface area is 136 Å². The topological polar surface area (TPSA) is 21.7 Å². The van der Waals surface area contributed by atoms with Gasteiger partial charge in [0, 0.05) is 6.54 Å². The number of benzene rings is 1. The molecule has 0 aliphatic carbocycles. The lowest BCUT2D eigenvalue weighted by Crippen LogP contribution is -2.45. The van der Waals surface area contributed by atoms with Crippen molar-refractivity contribution >= 4 is 0 Å². The van der Waals surface area contributed by atoms with Crippen molar-refractivity contribution in [3.8, 4) is 5.75 Å². The van der Waals surface area contributed by atoms with Crippen LogP contribution < -0.4 is 4.74 Å². The summed E-state index contributed by atoms with van der Waals surface area (Å²) in [6, 6.07) is 8.22. The number of nitrogens with zero attached hydrogens (tertiary/aromatic N) is 2. The summed E-state index contributed by atoms with van der Waals surface area (Å²) >= 11 is 0. The number of hydrogen-bond acceptors (Lipinski definition) is 3. The largest absolute Gasteiger partial charge is 0.488 e. The molecule has 0 atom stereocenters. The molecule has 126 valence electrons. The van der Waals surface area contributed by atoms with Gasteiger partial charge in [-0.15, -0.1) is 0 Å². The minimum Gasteiger partial charge on any atom is -0.488 e. The molecule has 1 aromatic carbocycles. The molecule has 0 amide bonds. The van der Waals surface area contributed by atoms with Crippen LogP contribution in [0.1, 0.15) is 12.5 Å². The van der Waals surface area contributed by atoms with E-state index in [1.165, 1.54) is 5.56 Å². The van der Waals surface area contributed by atoms with Gasteiger partial charge in [-0.05, 0) is 32.6 Å². The first-order valence-corrected chi connectivity index (χ1v) is 8.21. The van der Waals surface area contributed by atoms with Gasteiger partial charge in [0.25, 0.3) is 0 Å². The molecule has 0 aromatic heterocycles. The lowest BCUT2D eigenvalue weighted by molar-refractivity contribution is -0.890. The van der Waals surface area contributed by atoms with Crippen molar-refractivity contribution in [2.75, 3.05) is 67.1 Å². The second kappa shape index (κ2) is 9.82. The molecule has 0 fully saturated rings. The lowest BCUT2D eigenvalue weighted by atomic mass is 10.2. The van der Waals surface area contributed by atoms with Crippen molar-refractivity contribution in [3.05, 3.63) is 29.8 Å². The molecule has 0 spiro atoms. The second-order valence-electron chi connectivity index (χ2n) is 6.55. The fraction of sp³-hybridized carbons (Fsp3) is 0.667. The summed E-state index contributed by atoms with van der Waals surface area (Å²) in [5, 5.41) is 0. The molecule has 22 heavy (non-hydrogen) atoms. The van der Waals surface area contributed by atoms with Crippen LogP contribution >= 0.6 is 0 Å². The highest BCUT2D eigenvalue weighted by Crippen LogP contribution is 2.11. The van der Waals surface area contributed by atoms with E-state index >= 15 is 0 Å². The van der Waals surface area contributed by atoms with E-state index in [0.29, 0.717) is 0 Å². The molecule has 0 unspecified atom stereocenters. The molecule has 4 nitrogen and oxygen atoms in total. The van der Waals surface area contributed by atoms with Gasteiger partial charge in [-0.25, -0.2) is 0 Å². The zero-order chi connectivity index (χ0) is 16.4. The normalized spacial score (nSPS) is 11.9. The number of quaternary nitrogens is 1. The van der Waals surface area contributed by atoms with E-state index in [1.54, 1.807) is 0 Å². The molecule has 0 saturated heterocycles. The molecule has 0 aliphatic heterocycles. The highest BCUT2D eigenvalue weighted by molar-refractivity contribution is 5.26. The van der Waals surface area contributed by atoms with E-state index in [4.69, 9.17) is 9.47 Å². The van der Waals surface area contributed by atoms with Gasteiger partial charge in [0.1, 0.15) is 25.4 Å². The maximum atomic E-state index is 5.81. The molecule has 0 N–H and O–H groups in total. The predicted octanol–water partition coefficient (Wildman–Crippen LogP) is 2.42. The average molecular weight is 309 g/mol. The summed E-state index contributed by atoms with van der Waals surface area (Å²) < 4.78 is 12.4. The first-order chi connectivity index (χ1) is 10.4. The number of ether oxygens (including phenoxy) is 2. The van der Waals surface area contributed by atoms with Crippen LogP contribution in [0, 0.1) is 6.92 Å². The number of aryl methyl sites for hydroxylation is 1. The van der Waals surface area contributed by atoms with Crippen LogP contribution in [0.4, 0.5) is 0 Å². The number of likely N-dealkylation sites (N-methyl/N-ethyl adjacent to an activating group) is 2. The number of hydrogen-bond donors (Lipinski definition) is 0. The van der Waals surface area contributed by atoms with E-state index in [2.05, 4.69) is 52.0 Å². The number of rotatable bonds is 11. The van der Waals surface area contributed by atoms with E-state index in [-0.39, 0.29) is 0 Å². The van der Waals surface area contributed by atoms with Crippen molar-refractivity contribution in [1.82, 2.24) is 4.90 Å². The Kier molecular flexibility index (Phi) is 8.46. The van der Waals surface area contributed by atoms with Crippen molar-refractivity contribution in [1.29, 1.82) is 0 Å². The Balaban J connectivity index is 2.13. The average Bonchev–Trinajstić information content (AvgIpc) is 2.48. The summed E-state index contributed by atoms with van der Waals surface area (Å²) in [5.74, 6) is 0.949. The van der Waals surface area contributed by atoms with Gasteiger partial charge in [-0.3, -0.25) is 0 Å². The van der Waals surface area contributed by atoms with Crippen LogP contribution in [0.2, 0.25) is 0 Å². The van der Waals surface area contributed by atoms with Crippen LogP contribution in [-0.4, -0.2) is 76.5 Å². The molecule has 0 heterocycles. The van der Waals surface area contributed by atoms with Gasteiger partial charge in [0.05, 0.1) is 27.3 Å². The minimum absolute atomic E-state index is 0.731. The van der Waals surface area contributed by atoms with Crippen LogP contribution in [-0.2, 0) is 4.74 Å². The SMILES string of the molecule is CCN(C)CCOCC[N+](C)(C)CCOc1ccc(C)cc1. The first kappa shape index (κ1) is 18.9. The van der Waals surface area contributed by atoms with Crippen LogP contribution in [0.5, 0.6) is 5.75 Å². The molecule has 1 rings (SSSR count). The van der Waals surface area contributed by atoms with E-state index in [1.807, 2.05) is 12.1 Å². The summed E-state index contributed by atoms with van der Waals surface area (Å²) in [6.07, 6.45) is 0. The van der Waals surface area contributed by atoms with Crippen molar-refractivity contribution in [3.63, 3.8) is 0 Å². The van der Waals surface area contributed by atoms with Gasteiger partial charge in [0.2, 0.25) is 0 Å². The molecule has 4 heteroatoms. The van der Waals surface area contributed by atoms with Crippen molar-refractivity contribution < 1.29 is 14.0 Å². The Morgan fingerprint density at radius 3 is 2.27 bits per heavy atom. The van der Waals surface area contributed by atoms with Crippen LogP contribution in [0.3, 0.4) is 0 Å². The quantitative estimate of drug-likeness (QED) is 0.463. The highest BCUT2D eigenvalue weighted by Gasteiger charge is 2.14. The zero-order valence-corrected chi connectivity index (χ0v) is 15.0. The highest BCUT2D eigenvalue weighted by atomic mass is 16.5. The molecule has 0 radical (unpaired) electrons. The summed E-state index contributed by atoms with van der Waals surface area (Å²) in [4.78, 5) is 2.26. The lowest BCUT2D eigenvalue weighted by Gasteiger charge is -2.29. The fourth-order valence-electron chi connectivity index (χ4n) is 1.95. The van der Waals surface area contributed by atoms with Crippen molar-refractivity contribution in [2.24, 2.45) is 0 Å². The third-order valence-electron chi connectivity index (χ3n) is 3.98. The fourth-order valence-corrected chi connectivity index (χ4v) is 1.95. The molecule has 0 bridgehead atoms. The Morgan fingerprint density at radius 2 is 1.64 bits per heavy atom. The van der Waals surface area contributed by atoms with Gasteiger partial charge < -0.3 is 18.9 Å². The van der Waals surface area contributed by atoms with E-state index in [0.717, 1.165) is 56.2 Å². The van der Waals surface area contributed by atoms with Gasteiger partial charge in [0.15, 0.2) is 0 Å². The minimum atomic E-state index is 0.731. The molecule has 0 aliphatic rings. The smallest absolute Gasteiger partial charge is 0.137 e. The van der Waals surface area contributed by atoms with Crippen LogP contribution in [0.25, 0.3) is 0 Å². The van der Waals surface area contributed by atoms with E-state index in [9.17, 15) is 0 Å². The monoisotopic (exact) mass is 309 g/mol. The second-order valence-corrected chi connectivity index (χ2v) is 6.55. The van der Waals surface area contributed by atoms with Gasteiger partial charge in [-0.2, -0.15) is 0 Å². The maximum absolute atomic E-state index is 5.81. The molecular weight excluding hydrogens is 276 g/mol. The first-order valence-electron chi connectivity index (χ1n) is 8.21. The maximum Gasteiger partial charge on any atom is 0.137 e. The standard InChI is InChI=1S/C18H33N2O2/c1-6-19(3)11-14-21-15-12-20(4,5)13-16-22-18-9-7-17(2)8-10-18/h7-10H,6,11-16H2,1-5H3/q+1. The third kappa shape index (κ3) is 8.37. The van der Waals surface area contributed by atoms with Gasteiger partial charge in [-0.1, -0.05) is 24.6 Å². The van der Waals surface area contributed by atoms with E-state index < -0.39 is 0 Å². The molecule has 1 aromatic rings. The molecular formula is C18H33N2O2+. The Morgan fingerprint density at radius 1 is 1.00 bits per heavy atom. The zero-order valence-electron chi connectivity index (χ0n) is 15.0. The molecule has 0 saturated carbocycles. The van der Waals surface area contributed by atoms with Crippen molar-refractivity contribution in [2.45, 2.75) is 13.8 Å². The van der Waals surface area contributed by atoms with Gasteiger partial charge >= 0.3 is 0 Å². The third-order valence-corrected chi connectivity index (χ3v) is 3.98. The van der Waals surface area contributed by atoms with Crippen LogP contribution in [0.15, 0.2) is 24.3 Å². The summed E-state index contributed by atoms with van der Waals surface area (Å²) in [7, 11) is 6.56. The summed E-state index contributed by atoms with van der Waals surface area (Å²) in [6.45, 7) is 10.6. The predicted molar refractivity (Wildman–Crippen MR) is 92.5 cm³/mol.